The first kappa shape index (κ1) is 33.1. The lowest BCUT2D eigenvalue weighted by Gasteiger charge is -2.58. The quantitative estimate of drug-likeness (QED) is 0.175. The zero-order valence-electron chi connectivity index (χ0n) is 25.1. The predicted octanol–water partition coefficient (Wildman–Crippen LogP) is 3.33. The Morgan fingerprint density at radius 3 is 1.22 bits per heavy atom. The average molecular weight is 719 g/mol. The van der Waals surface area contributed by atoms with E-state index in [1.54, 1.807) is 0 Å². The van der Waals surface area contributed by atoms with Gasteiger partial charge in [0.2, 0.25) is 0 Å². The first-order chi connectivity index (χ1) is 19.3. The van der Waals surface area contributed by atoms with E-state index in [0.29, 0.717) is 43.1 Å². The molecule has 234 valence electrons. The van der Waals surface area contributed by atoms with Crippen molar-refractivity contribution >= 4 is 77.9 Å². The van der Waals surface area contributed by atoms with Crippen LogP contribution in [0.2, 0.25) is 36.3 Å². The van der Waals surface area contributed by atoms with Crippen LogP contribution in [0.4, 0.5) is 0 Å². The fraction of sp³-hybridized carbons (Fsp3) is 0.947. The summed E-state index contributed by atoms with van der Waals surface area (Å²) < 4.78 is 87.0. The second-order valence-electron chi connectivity index (χ2n) is 11.1. The van der Waals surface area contributed by atoms with Crippen molar-refractivity contribution in [3.8, 4) is 0 Å². The van der Waals surface area contributed by atoms with Crippen molar-refractivity contribution < 1.29 is 58.9 Å². The van der Waals surface area contributed by atoms with Gasteiger partial charge in [0.05, 0.1) is 12.0 Å². The van der Waals surface area contributed by atoms with E-state index in [-0.39, 0.29) is 18.6 Å². The molecule has 0 N–H and O–H groups in total. The van der Waals surface area contributed by atoms with Crippen LogP contribution >= 0.6 is 0 Å². The number of hydrogen-bond donors (Lipinski definition) is 0. The topological polar surface area (TPSA) is 137 Å². The SMILES string of the molecule is CCC(C)(C)C(=O)OCCC[Si]12O[Si]3O[Si]4(CC)O[Si]5(CC)O[Si](O[Si](CC)(O4)O1)O[Si](CC)(O[Si](CC)(O3)O5)O2. The smallest absolute Gasteiger partial charge is 0.465 e. The van der Waals surface area contributed by atoms with Crippen LogP contribution in [-0.2, 0) is 58.9 Å². The number of esters is 1. The molecular weight excluding hydrogens is 677 g/mol. The molecule has 8 bridgehead atoms. The molecule has 6 heterocycles. The van der Waals surface area contributed by atoms with Gasteiger partial charge >= 0.3 is 77.9 Å². The number of ether oxygens (including phenoxy) is 1. The predicted molar refractivity (Wildman–Crippen MR) is 156 cm³/mol. The van der Waals surface area contributed by atoms with Crippen LogP contribution in [0.25, 0.3) is 0 Å². The summed E-state index contributed by atoms with van der Waals surface area (Å²) in [6.07, 6.45) is 1.08. The maximum absolute atomic E-state index is 12.6. The van der Waals surface area contributed by atoms with Gasteiger partial charge in [-0.05, 0) is 26.7 Å². The molecule has 0 saturated carbocycles. The van der Waals surface area contributed by atoms with Crippen molar-refractivity contribution in [1.29, 1.82) is 0 Å². The minimum Gasteiger partial charge on any atom is -0.465 e. The molecule has 6 rings (SSSR count). The van der Waals surface area contributed by atoms with Gasteiger partial charge in [-0.15, -0.1) is 0 Å². The molecular formula is C19H42O14Si8. The van der Waals surface area contributed by atoms with Gasteiger partial charge < -0.3 is 54.1 Å². The summed E-state index contributed by atoms with van der Waals surface area (Å²) in [5, 5.41) is 0. The van der Waals surface area contributed by atoms with E-state index in [1.807, 2.05) is 55.4 Å². The van der Waals surface area contributed by atoms with Crippen LogP contribution in [0.3, 0.4) is 0 Å². The van der Waals surface area contributed by atoms with Gasteiger partial charge in [0.1, 0.15) is 0 Å². The van der Waals surface area contributed by atoms with Crippen molar-refractivity contribution in [3.05, 3.63) is 0 Å². The molecule has 4 atom stereocenters. The first-order valence-corrected chi connectivity index (χ1v) is 28.6. The second kappa shape index (κ2) is 11.8. The molecule has 6 aliphatic rings. The van der Waals surface area contributed by atoms with Gasteiger partial charge in [0.25, 0.3) is 0 Å². The van der Waals surface area contributed by atoms with Crippen molar-refractivity contribution in [2.24, 2.45) is 5.41 Å². The Balaban J connectivity index is 1.57. The summed E-state index contributed by atoms with van der Waals surface area (Å²) in [5.74, 6) is -0.258. The van der Waals surface area contributed by atoms with Crippen molar-refractivity contribution in [2.75, 3.05) is 6.61 Å². The molecule has 6 fully saturated rings. The molecule has 4 unspecified atom stereocenters. The summed E-state index contributed by atoms with van der Waals surface area (Å²) >= 11 is 0. The molecule has 0 aromatic rings. The third-order valence-electron chi connectivity index (χ3n) is 7.76. The normalized spacial score (nSPS) is 42.8. The van der Waals surface area contributed by atoms with Crippen molar-refractivity contribution in [2.45, 2.75) is 104 Å². The third kappa shape index (κ3) is 6.27. The molecule has 0 aromatic heterocycles. The van der Waals surface area contributed by atoms with Crippen LogP contribution in [-0.4, -0.2) is 84.5 Å². The molecule has 0 amide bonds. The fourth-order valence-electron chi connectivity index (χ4n) is 4.71. The van der Waals surface area contributed by atoms with Gasteiger partial charge in [-0.25, -0.2) is 0 Å². The van der Waals surface area contributed by atoms with Crippen LogP contribution in [0.15, 0.2) is 0 Å². The van der Waals surface area contributed by atoms with E-state index < -0.39 is 77.3 Å². The summed E-state index contributed by atoms with van der Waals surface area (Å²) in [6.45, 7) is 15.5. The molecule has 6 aliphatic heterocycles. The highest BCUT2D eigenvalue weighted by atomic mass is 28.6. The standard InChI is InChI=1S/C19H42O14Si8/c1-9-19(7,8)18(20)21-16-15-17-41-27-35-25-37(11-3)28-36(10-2)22-34(23-39(13-5,30-37)32-41)24-40(14-6,33-41)31-38(12-4,26-35)29-36/h9-17H2,1-8H3. The minimum atomic E-state index is -3.75. The molecule has 41 heavy (non-hydrogen) atoms. The van der Waals surface area contributed by atoms with Crippen LogP contribution in [0, 0.1) is 5.41 Å². The van der Waals surface area contributed by atoms with E-state index in [0.717, 1.165) is 0 Å². The highest BCUT2D eigenvalue weighted by Gasteiger charge is 2.77. The van der Waals surface area contributed by atoms with Gasteiger partial charge in [0, 0.05) is 36.3 Å². The second-order valence-corrected chi connectivity index (χ2v) is 34.1. The summed E-state index contributed by atoms with van der Waals surface area (Å²) in [4.78, 5) is 12.6. The Labute approximate surface area is 252 Å². The van der Waals surface area contributed by atoms with Gasteiger partial charge in [0.15, 0.2) is 0 Å². The van der Waals surface area contributed by atoms with E-state index in [4.69, 9.17) is 54.1 Å². The highest BCUT2D eigenvalue weighted by molar-refractivity contribution is 6.99. The minimum absolute atomic E-state index is 0.165. The summed E-state index contributed by atoms with van der Waals surface area (Å²) in [7, 11) is -26.7. The Morgan fingerprint density at radius 1 is 0.585 bits per heavy atom. The number of carbonyl (C=O) groups is 1. The van der Waals surface area contributed by atoms with E-state index >= 15 is 0 Å². The Hall–Kier alpha value is 0.725. The Bertz CT molecular complexity index is 953. The van der Waals surface area contributed by atoms with E-state index in [2.05, 4.69) is 0 Å². The van der Waals surface area contributed by atoms with Gasteiger partial charge in [-0.3, -0.25) is 4.79 Å². The Morgan fingerprint density at radius 2 is 0.902 bits per heavy atom. The molecule has 2 radical (unpaired) electrons. The number of hydrogen-bond acceptors (Lipinski definition) is 14. The van der Waals surface area contributed by atoms with Crippen LogP contribution in [0.5, 0.6) is 0 Å². The molecule has 0 aromatic carbocycles. The molecule has 0 spiro atoms. The molecule has 0 aliphatic carbocycles. The highest BCUT2D eigenvalue weighted by Crippen LogP contribution is 2.48. The van der Waals surface area contributed by atoms with Crippen molar-refractivity contribution in [1.82, 2.24) is 0 Å². The molecule has 14 nitrogen and oxygen atoms in total. The van der Waals surface area contributed by atoms with Crippen LogP contribution < -0.4 is 0 Å². The van der Waals surface area contributed by atoms with Crippen LogP contribution in [0.1, 0.15) is 68.2 Å². The first-order valence-electron chi connectivity index (χ1n) is 14.6. The summed E-state index contributed by atoms with van der Waals surface area (Å²) in [6, 6.07) is 2.30. The molecule has 6 saturated heterocycles. The zero-order valence-corrected chi connectivity index (χ0v) is 33.1. The third-order valence-corrected chi connectivity index (χ3v) is 39.4. The maximum Gasteiger partial charge on any atom is 0.553 e. The van der Waals surface area contributed by atoms with Gasteiger partial charge in [-0.1, -0.05) is 41.5 Å². The van der Waals surface area contributed by atoms with Gasteiger partial charge in [-0.2, -0.15) is 0 Å². The lowest BCUT2D eigenvalue weighted by molar-refractivity contribution is -0.154. The number of rotatable bonds is 11. The van der Waals surface area contributed by atoms with Crippen molar-refractivity contribution in [3.63, 3.8) is 0 Å². The summed E-state index contributed by atoms with van der Waals surface area (Å²) in [5.41, 5.74) is -0.574. The largest absolute Gasteiger partial charge is 0.553 e. The fourth-order valence-corrected chi connectivity index (χ4v) is 45.6. The number of carbonyl (C=O) groups excluding carboxylic acids is 1. The average Bonchev–Trinajstić information content (AvgIpc) is 2.89. The molecule has 22 heteroatoms. The van der Waals surface area contributed by atoms with E-state index in [1.165, 1.54) is 0 Å². The lowest BCUT2D eigenvalue weighted by Crippen LogP contribution is -2.84. The van der Waals surface area contributed by atoms with E-state index in [9.17, 15) is 4.79 Å². The Kier molecular flexibility index (Phi) is 9.55. The maximum atomic E-state index is 12.6. The zero-order chi connectivity index (χ0) is 29.8. The monoisotopic (exact) mass is 718 g/mol. The lowest BCUT2D eigenvalue weighted by atomic mass is 9.91.